The number of nitrogens with zero attached hydrogens (tertiary/aromatic N) is 2. The summed E-state index contributed by atoms with van der Waals surface area (Å²) >= 11 is 0. The van der Waals surface area contributed by atoms with Gasteiger partial charge in [-0.1, -0.05) is 17.3 Å². The van der Waals surface area contributed by atoms with Crippen LogP contribution in [0.4, 0.5) is 0 Å². The van der Waals surface area contributed by atoms with Crippen LogP contribution in [0.15, 0.2) is 47.0 Å². The lowest BCUT2D eigenvalue weighted by atomic mass is 10.2. The van der Waals surface area contributed by atoms with Crippen LogP contribution in [0.25, 0.3) is 22.8 Å². The van der Waals surface area contributed by atoms with Crippen molar-refractivity contribution in [1.82, 2.24) is 10.1 Å². The van der Waals surface area contributed by atoms with Crippen molar-refractivity contribution in [3.8, 4) is 40.1 Å². The van der Waals surface area contributed by atoms with Crippen LogP contribution in [0.2, 0.25) is 0 Å². The average molecular weight is 296 g/mol. The minimum absolute atomic E-state index is 0.234. The van der Waals surface area contributed by atoms with Crippen LogP contribution in [-0.2, 0) is 0 Å². The van der Waals surface area contributed by atoms with E-state index in [1.807, 2.05) is 42.5 Å². The van der Waals surface area contributed by atoms with Gasteiger partial charge in [0.2, 0.25) is 12.6 Å². The van der Waals surface area contributed by atoms with Gasteiger partial charge in [0.05, 0.1) is 12.7 Å². The van der Waals surface area contributed by atoms with Gasteiger partial charge in [0.15, 0.2) is 11.5 Å². The van der Waals surface area contributed by atoms with Crippen molar-refractivity contribution in [3.63, 3.8) is 0 Å². The molecule has 0 saturated carbocycles. The number of hydrogen-bond donors (Lipinski definition) is 0. The van der Waals surface area contributed by atoms with Gasteiger partial charge >= 0.3 is 0 Å². The molecule has 22 heavy (non-hydrogen) atoms. The van der Waals surface area contributed by atoms with Crippen LogP contribution in [0, 0.1) is 0 Å². The van der Waals surface area contributed by atoms with E-state index in [0.717, 1.165) is 16.9 Å². The van der Waals surface area contributed by atoms with Gasteiger partial charge in [-0.15, -0.1) is 0 Å². The fourth-order valence-corrected chi connectivity index (χ4v) is 2.31. The molecule has 6 heteroatoms. The van der Waals surface area contributed by atoms with Gasteiger partial charge < -0.3 is 18.7 Å². The van der Waals surface area contributed by atoms with Crippen molar-refractivity contribution >= 4 is 0 Å². The summed E-state index contributed by atoms with van der Waals surface area (Å²) in [6.45, 7) is 0.234. The lowest BCUT2D eigenvalue weighted by Crippen LogP contribution is -1.92. The molecule has 0 unspecified atom stereocenters. The quantitative estimate of drug-likeness (QED) is 0.739. The highest BCUT2D eigenvalue weighted by Crippen LogP contribution is 2.36. The van der Waals surface area contributed by atoms with E-state index in [1.54, 1.807) is 7.11 Å². The molecule has 1 aliphatic rings. The Morgan fingerprint density at radius 3 is 2.82 bits per heavy atom. The lowest BCUT2D eigenvalue weighted by Gasteiger charge is -2.02. The highest BCUT2D eigenvalue weighted by Gasteiger charge is 2.18. The second kappa shape index (κ2) is 5.07. The zero-order chi connectivity index (χ0) is 14.9. The first-order valence-corrected chi connectivity index (χ1v) is 6.72. The molecule has 0 N–H and O–H groups in total. The van der Waals surface area contributed by atoms with Gasteiger partial charge in [-0.25, -0.2) is 0 Å². The Morgan fingerprint density at radius 1 is 1.05 bits per heavy atom. The molecular formula is C16H12N2O4. The molecule has 3 aromatic rings. The molecule has 0 aliphatic carbocycles. The number of hydrogen-bond acceptors (Lipinski definition) is 6. The van der Waals surface area contributed by atoms with Gasteiger partial charge in [0.25, 0.3) is 5.89 Å². The molecule has 0 saturated heterocycles. The Hall–Kier alpha value is -3.02. The maximum Gasteiger partial charge on any atom is 0.262 e. The predicted molar refractivity (Wildman–Crippen MR) is 77.8 cm³/mol. The Balaban J connectivity index is 1.72. The molecular weight excluding hydrogens is 284 g/mol. The smallest absolute Gasteiger partial charge is 0.262 e. The van der Waals surface area contributed by atoms with Crippen molar-refractivity contribution < 1.29 is 18.7 Å². The number of para-hydroxylation sites is 1. The molecule has 0 bridgehead atoms. The average Bonchev–Trinajstić information content (AvgIpc) is 3.23. The standard InChI is InChI=1S/C16H12N2O4/c1-19-12-5-3-2-4-11(12)16-17-15(18-22-16)10-6-7-13-14(8-10)21-9-20-13/h2-8H,9H2,1H3. The van der Waals surface area contributed by atoms with Crippen molar-refractivity contribution in [1.29, 1.82) is 0 Å². The van der Waals surface area contributed by atoms with Gasteiger partial charge in [-0.05, 0) is 30.3 Å². The summed E-state index contributed by atoms with van der Waals surface area (Å²) in [7, 11) is 1.61. The number of fused-ring (bicyclic) bond motifs is 1. The van der Waals surface area contributed by atoms with Crippen LogP contribution in [0.1, 0.15) is 0 Å². The summed E-state index contributed by atoms with van der Waals surface area (Å²) in [6, 6.07) is 13.0. The SMILES string of the molecule is COc1ccccc1-c1nc(-c2ccc3c(c2)OCO3)no1. The summed E-state index contributed by atoms with van der Waals surface area (Å²) < 4.78 is 21.3. The van der Waals surface area contributed by atoms with Crippen molar-refractivity contribution in [2.45, 2.75) is 0 Å². The predicted octanol–water partition coefficient (Wildman–Crippen LogP) is 3.14. The fraction of sp³-hybridized carbons (Fsp3) is 0.125. The third-order valence-electron chi connectivity index (χ3n) is 3.39. The molecule has 2 aromatic carbocycles. The topological polar surface area (TPSA) is 66.6 Å². The molecule has 4 rings (SSSR count). The molecule has 0 radical (unpaired) electrons. The van der Waals surface area contributed by atoms with Gasteiger partial charge in [0.1, 0.15) is 5.75 Å². The van der Waals surface area contributed by atoms with E-state index in [9.17, 15) is 0 Å². The third-order valence-corrected chi connectivity index (χ3v) is 3.39. The maximum absolute atomic E-state index is 5.36. The second-order valence-electron chi connectivity index (χ2n) is 4.69. The minimum Gasteiger partial charge on any atom is -0.496 e. The number of methoxy groups -OCH3 is 1. The van der Waals surface area contributed by atoms with Gasteiger partial charge in [0, 0.05) is 5.56 Å². The summed E-state index contributed by atoms with van der Waals surface area (Å²) in [6.07, 6.45) is 0. The molecule has 0 fully saturated rings. The van der Waals surface area contributed by atoms with Crippen LogP contribution >= 0.6 is 0 Å². The van der Waals surface area contributed by atoms with E-state index in [2.05, 4.69) is 10.1 Å². The maximum atomic E-state index is 5.36. The number of aromatic nitrogens is 2. The highest BCUT2D eigenvalue weighted by molar-refractivity contribution is 5.66. The summed E-state index contributed by atoms with van der Waals surface area (Å²) in [5.74, 6) is 2.98. The zero-order valence-electron chi connectivity index (χ0n) is 11.8. The summed E-state index contributed by atoms with van der Waals surface area (Å²) in [5.41, 5.74) is 1.55. The minimum atomic E-state index is 0.234. The highest BCUT2D eigenvalue weighted by atomic mass is 16.7. The first kappa shape index (κ1) is 12.7. The molecule has 1 aliphatic heterocycles. The molecule has 110 valence electrons. The fourth-order valence-electron chi connectivity index (χ4n) is 2.31. The Bertz CT molecular complexity index is 829. The van der Waals surface area contributed by atoms with E-state index in [-0.39, 0.29) is 6.79 Å². The van der Waals surface area contributed by atoms with Gasteiger partial charge in [-0.3, -0.25) is 0 Å². The first-order chi connectivity index (χ1) is 10.8. The lowest BCUT2D eigenvalue weighted by molar-refractivity contribution is 0.174. The largest absolute Gasteiger partial charge is 0.496 e. The van der Waals surface area contributed by atoms with Crippen LogP contribution < -0.4 is 14.2 Å². The molecule has 0 spiro atoms. The van der Waals surface area contributed by atoms with Crippen molar-refractivity contribution in [2.75, 3.05) is 13.9 Å². The number of benzene rings is 2. The second-order valence-corrected chi connectivity index (χ2v) is 4.69. The zero-order valence-corrected chi connectivity index (χ0v) is 11.8. The Morgan fingerprint density at radius 2 is 1.91 bits per heavy atom. The first-order valence-electron chi connectivity index (χ1n) is 6.72. The monoisotopic (exact) mass is 296 g/mol. The summed E-state index contributed by atoms with van der Waals surface area (Å²) in [4.78, 5) is 4.43. The number of ether oxygens (including phenoxy) is 3. The molecule has 0 atom stereocenters. The Kier molecular flexibility index (Phi) is 2.93. The molecule has 2 heterocycles. The molecule has 0 amide bonds. The van der Waals surface area contributed by atoms with E-state index in [0.29, 0.717) is 23.2 Å². The van der Waals surface area contributed by atoms with Crippen LogP contribution in [0.5, 0.6) is 17.2 Å². The van der Waals surface area contributed by atoms with Gasteiger partial charge in [-0.2, -0.15) is 4.98 Å². The molecule has 6 nitrogen and oxygen atoms in total. The van der Waals surface area contributed by atoms with E-state index >= 15 is 0 Å². The normalized spacial score (nSPS) is 12.4. The van der Waals surface area contributed by atoms with E-state index < -0.39 is 0 Å². The van der Waals surface area contributed by atoms with Crippen molar-refractivity contribution in [2.24, 2.45) is 0 Å². The third kappa shape index (κ3) is 2.05. The molecule has 1 aromatic heterocycles. The van der Waals surface area contributed by atoms with Crippen molar-refractivity contribution in [3.05, 3.63) is 42.5 Å². The van der Waals surface area contributed by atoms with Crippen LogP contribution in [0.3, 0.4) is 0 Å². The van der Waals surface area contributed by atoms with E-state index in [4.69, 9.17) is 18.7 Å². The Labute approximate surface area is 126 Å². The summed E-state index contributed by atoms with van der Waals surface area (Å²) in [5, 5.41) is 4.03. The number of rotatable bonds is 3. The van der Waals surface area contributed by atoms with E-state index in [1.165, 1.54) is 0 Å². The van der Waals surface area contributed by atoms with Crippen LogP contribution in [-0.4, -0.2) is 24.0 Å².